The SMILES string of the molecule is C=CCc1cc(N)nc(CC=C)n1. The second-order valence-corrected chi connectivity index (χ2v) is 2.69. The zero-order valence-corrected chi connectivity index (χ0v) is 7.53. The molecule has 68 valence electrons. The number of nitrogens with two attached hydrogens (primary N) is 1. The minimum atomic E-state index is 0.503. The predicted molar refractivity (Wildman–Crippen MR) is 54.2 cm³/mol. The molecule has 3 heteroatoms. The molecule has 0 aromatic carbocycles. The largest absolute Gasteiger partial charge is 0.384 e. The lowest BCUT2D eigenvalue weighted by molar-refractivity contribution is 0.946. The van der Waals surface area contributed by atoms with Crippen LogP contribution in [0.2, 0.25) is 0 Å². The van der Waals surface area contributed by atoms with Gasteiger partial charge in [-0.05, 0) is 0 Å². The number of nitrogens with zero attached hydrogens (tertiary/aromatic N) is 2. The van der Waals surface area contributed by atoms with Crippen LogP contribution in [0.25, 0.3) is 0 Å². The van der Waals surface area contributed by atoms with E-state index in [1.54, 1.807) is 18.2 Å². The van der Waals surface area contributed by atoms with E-state index < -0.39 is 0 Å². The average molecular weight is 175 g/mol. The third-order valence-corrected chi connectivity index (χ3v) is 1.53. The average Bonchev–Trinajstić information content (AvgIpc) is 2.04. The fourth-order valence-corrected chi connectivity index (χ4v) is 1.05. The standard InChI is InChI=1S/C10H13N3/c1-3-5-8-7-9(11)13-10(12-8)6-4-2/h3-4,7H,1-2,5-6H2,(H2,11,12,13). The molecule has 0 aliphatic heterocycles. The molecule has 2 N–H and O–H groups in total. The van der Waals surface area contributed by atoms with Crippen LogP contribution in [0.5, 0.6) is 0 Å². The molecule has 3 nitrogen and oxygen atoms in total. The maximum Gasteiger partial charge on any atom is 0.134 e. The molecule has 1 heterocycles. The molecule has 0 spiro atoms. The van der Waals surface area contributed by atoms with Gasteiger partial charge < -0.3 is 5.73 Å². The molecule has 0 amide bonds. The van der Waals surface area contributed by atoms with Crippen LogP contribution in [-0.4, -0.2) is 9.97 Å². The topological polar surface area (TPSA) is 51.8 Å². The summed E-state index contributed by atoms with van der Waals surface area (Å²) in [6.07, 6.45) is 4.91. The van der Waals surface area contributed by atoms with E-state index in [9.17, 15) is 0 Å². The van der Waals surface area contributed by atoms with Crippen molar-refractivity contribution in [2.45, 2.75) is 12.8 Å². The summed E-state index contributed by atoms with van der Waals surface area (Å²) in [7, 11) is 0. The summed E-state index contributed by atoms with van der Waals surface area (Å²) in [6.45, 7) is 7.26. The van der Waals surface area contributed by atoms with E-state index in [1.165, 1.54) is 0 Å². The van der Waals surface area contributed by atoms with Crippen LogP contribution in [0.3, 0.4) is 0 Å². The maximum absolute atomic E-state index is 5.60. The van der Waals surface area contributed by atoms with Crippen molar-refractivity contribution in [2.75, 3.05) is 5.73 Å². The Morgan fingerprint density at radius 2 is 1.92 bits per heavy atom. The summed E-state index contributed by atoms with van der Waals surface area (Å²) >= 11 is 0. The third-order valence-electron chi connectivity index (χ3n) is 1.53. The zero-order valence-electron chi connectivity index (χ0n) is 7.53. The van der Waals surface area contributed by atoms with Gasteiger partial charge in [0, 0.05) is 24.6 Å². The van der Waals surface area contributed by atoms with Crippen molar-refractivity contribution in [3.63, 3.8) is 0 Å². The highest BCUT2D eigenvalue weighted by atomic mass is 14.9. The lowest BCUT2D eigenvalue weighted by Crippen LogP contribution is -2.02. The Kier molecular flexibility index (Phi) is 3.20. The quantitative estimate of drug-likeness (QED) is 0.706. The highest BCUT2D eigenvalue weighted by Crippen LogP contribution is 2.04. The smallest absolute Gasteiger partial charge is 0.134 e. The Hall–Kier alpha value is -1.64. The first-order chi connectivity index (χ1) is 6.26. The number of hydrogen-bond donors (Lipinski definition) is 1. The maximum atomic E-state index is 5.60. The minimum absolute atomic E-state index is 0.503. The molecule has 1 aromatic rings. The van der Waals surface area contributed by atoms with E-state index in [-0.39, 0.29) is 0 Å². The Bertz CT molecular complexity index is 290. The second-order valence-electron chi connectivity index (χ2n) is 2.69. The van der Waals surface area contributed by atoms with E-state index in [0.29, 0.717) is 18.1 Å². The van der Waals surface area contributed by atoms with Crippen molar-refractivity contribution in [1.82, 2.24) is 9.97 Å². The molecule has 0 atom stereocenters. The van der Waals surface area contributed by atoms with Crippen molar-refractivity contribution < 1.29 is 0 Å². The van der Waals surface area contributed by atoms with Crippen molar-refractivity contribution in [2.24, 2.45) is 0 Å². The van der Waals surface area contributed by atoms with E-state index >= 15 is 0 Å². The number of anilines is 1. The number of allylic oxidation sites excluding steroid dienone is 2. The Morgan fingerprint density at radius 1 is 1.23 bits per heavy atom. The molecule has 0 aliphatic rings. The number of hydrogen-bond acceptors (Lipinski definition) is 3. The van der Waals surface area contributed by atoms with Gasteiger partial charge in [-0.25, -0.2) is 9.97 Å². The molecule has 13 heavy (non-hydrogen) atoms. The summed E-state index contributed by atoms with van der Waals surface area (Å²) in [6, 6.07) is 1.76. The summed E-state index contributed by atoms with van der Waals surface area (Å²) < 4.78 is 0. The van der Waals surface area contributed by atoms with Crippen molar-refractivity contribution in [3.05, 3.63) is 42.9 Å². The molecule has 0 unspecified atom stereocenters. The van der Waals surface area contributed by atoms with Gasteiger partial charge in [0.25, 0.3) is 0 Å². The molecule has 1 rings (SSSR count). The van der Waals surface area contributed by atoms with Gasteiger partial charge in [0.1, 0.15) is 11.6 Å². The lowest BCUT2D eigenvalue weighted by Gasteiger charge is -2.01. The second kappa shape index (κ2) is 4.40. The van der Waals surface area contributed by atoms with Gasteiger partial charge in [-0.3, -0.25) is 0 Å². The molecule has 0 bridgehead atoms. The van der Waals surface area contributed by atoms with E-state index in [4.69, 9.17) is 5.73 Å². The molecule has 0 saturated heterocycles. The Balaban J connectivity index is 2.95. The predicted octanol–water partition coefficient (Wildman–Crippen LogP) is 1.52. The van der Waals surface area contributed by atoms with Crippen LogP contribution < -0.4 is 5.73 Å². The van der Waals surface area contributed by atoms with Gasteiger partial charge in [0.15, 0.2) is 0 Å². The van der Waals surface area contributed by atoms with Gasteiger partial charge in [-0.15, -0.1) is 13.2 Å². The summed E-state index contributed by atoms with van der Waals surface area (Å²) in [5, 5.41) is 0. The van der Waals surface area contributed by atoms with E-state index in [0.717, 1.165) is 12.1 Å². The molecule has 0 radical (unpaired) electrons. The third kappa shape index (κ3) is 2.71. The van der Waals surface area contributed by atoms with E-state index in [1.807, 2.05) is 0 Å². The van der Waals surface area contributed by atoms with Gasteiger partial charge in [0.05, 0.1) is 0 Å². The fourth-order valence-electron chi connectivity index (χ4n) is 1.05. The fraction of sp³-hybridized carbons (Fsp3) is 0.200. The molecular formula is C10H13N3. The van der Waals surface area contributed by atoms with Crippen molar-refractivity contribution >= 4 is 5.82 Å². The molecule has 1 aromatic heterocycles. The summed E-state index contributed by atoms with van der Waals surface area (Å²) in [4.78, 5) is 8.35. The first-order valence-electron chi connectivity index (χ1n) is 4.10. The molecule has 0 fully saturated rings. The van der Waals surface area contributed by atoms with Crippen LogP contribution in [-0.2, 0) is 12.8 Å². The zero-order chi connectivity index (χ0) is 9.68. The summed E-state index contributed by atoms with van der Waals surface area (Å²) in [5.41, 5.74) is 6.50. The van der Waals surface area contributed by atoms with Crippen LogP contribution in [0.1, 0.15) is 11.5 Å². The number of nitrogen functional groups attached to an aromatic ring is 1. The van der Waals surface area contributed by atoms with Crippen LogP contribution in [0.4, 0.5) is 5.82 Å². The molecular weight excluding hydrogens is 162 g/mol. The minimum Gasteiger partial charge on any atom is -0.384 e. The lowest BCUT2D eigenvalue weighted by atomic mass is 10.2. The van der Waals surface area contributed by atoms with Crippen molar-refractivity contribution in [1.29, 1.82) is 0 Å². The van der Waals surface area contributed by atoms with Gasteiger partial charge in [-0.1, -0.05) is 12.2 Å². The van der Waals surface area contributed by atoms with Gasteiger partial charge in [0.2, 0.25) is 0 Å². The monoisotopic (exact) mass is 175 g/mol. The van der Waals surface area contributed by atoms with Crippen LogP contribution in [0.15, 0.2) is 31.4 Å². The van der Waals surface area contributed by atoms with Gasteiger partial charge in [-0.2, -0.15) is 0 Å². The number of rotatable bonds is 4. The van der Waals surface area contributed by atoms with Crippen LogP contribution in [0, 0.1) is 0 Å². The first kappa shape index (κ1) is 9.45. The molecule has 0 aliphatic carbocycles. The highest BCUT2D eigenvalue weighted by molar-refractivity contribution is 5.30. The van der Waals surface area contributed by atoms with E-state index in [2.05, 4.69) is 23.1 Å². The van der Waals surface area contributed by atoms with Crippen LogP contribution >= 0.6 is 0 Å². The molecule has 0 saturated carbocycles. The Morgan fingerprint density at radius 3 is 2.54 bits per heavy atom. The highest BCUT2D eigenvalue weighted by Gasteiger charge is 1.99. The Labute approximate surface area is 78.0 Å². The first-order valence-corrected chi connectivity index (χ1v) is 4.10. The normalized spacial score (nSPS) is 9.54. The summed E-state index contributed by atoms with van der Waals surface area (Å²) in [5.74, 6) is 1.22. The number of aromatic nitrogens is 2. The van der Waals surface area contributed by atoms with Crippen molar-refractivity contribution in [3.8, 4) is 0 Å². The van der Waals surface area contributed by atoms with Gasteiger partial charge >= 0.3 is 0 Å².